The van der Waals surface area contributed by atoms with Crippen molar-refractivity contribution < 1.29 is 9.13 Å². The third-order valence-electron chi connectivity index (χ3n) is 3.54. The van der Waals surface area contributed by atoms with Gasteiger partial charge in [0.05, 0.1) is 7.11 Å². The third kappa shape index (κ3) is 3.17. The molecule has 0 spiro atoms. The lowest BCUT2D eigenvalue weighted by atomic mass is 9.86. The first-order valence-electron chi connectivity index (χ1n) is 6.61. The van der Waals surface area contributed by atoms with Gasteiger partial charge in [0.1, 0.15) is 11.6 Å². The molecule has 3 heteroatoms. The Morgan fingerprint density at radius 2 is 1.95 bits per heavy atom. The molecule has 0 radical (unpaired) electrons. The van der Waals surface area contributed by atoms with E-state index in [1.807, 2.05) is 37.3 Å². The molecule has 0 heterocycles. The van der Waals surface area contributed by atoms with Crippen molar-refractivity contribution in [3.63, 3.8) is 0 Å². The molecule has 0 aliphatic carbocycles. The van der Waals surface area contributed by atoms with Crippen LogP contribution in [0.4, 0.5) is 4.39 Å². The number of aryl methyl sites for hydroxylation is 1. The number of hydrogen-bond acceptors (Lipinski definition) is 2. The average molecular weight is 273 g/mol. The Morgan fingerprint density at radius 1 is 1.20 bits per heavy atom. The van der Waals surface area contributed by atoms with Gasteiger partial charge in [-0.2, -0.15) is 0 Å². The number of rotatable bonds is 4. The Balaban J connectivity index is 2.27. The van der Waals surface area contributed by atoms with Gasteiger partial charge in [-0.25, -0.2) is 4.39 Å². The number of nitrogens with two attached hydrogens (primary N) is 1. The highest BCUT2D eigenvalue weighted by molar-refractivity contribution is 5.34. The van der Waals surface area contributed by atoms with Gasteiger partial charge in [0, 0.05) is 5.54 Å². The first-order chi connectivity index (χ1) is 9.42. The van der Waals surface area contributed by atoms with Crippen LogP contribution in [0.15, 0.2) is 42.5 Å². The van der Waals surface area contributed by atoms with Crippen LogP contribution < -0.4 is 10.5 Å². The zero-order valence-electron chi connectivity index (χ0n) is 12.1. The Kier molecular flexibility index (Phi) is 4.09. The highest BCUT2D eigenvalue weighted by Gasteiger charge is 2.22. The van der Waals surface area contributed by atoms with E-state index in [-0.39, 0.29) is 5.82 Å². The molecule has 0 aliphatic rings. The fourth-order valence-electron chi connectivity index (χ4n) is 2.26. The molecule has 0 aliphatic heterocycles. The van der Waals surface area contributed by atoms with E-state index in [4.69, 9.17) is 10.5 Å². The molecule has 1 atom stereocenters. The van der Waals surface area contributed by atoms with Crippen LogP contribution in [0.3, 0.4) is 0 Å². The number of benzene rings is 2. The summed E-state index contributed by atoms with van der Waals surface area (Å²) in [5.41, 5.74) is 8.24. The van der Waals surface area contributed by atoms with Gasteiger partial charge in [0.2, 0.25) is 0 Å². The standard InChI is InChI=1S/C17H20FNO/c1-12-7-8-14(10-16(12)18)17(2,19)11-13-5-4-6-15(9-13)20-3/h4-10H,11,19H2,1-3H3. The molecule has 0 amide bonds. The molecule has 0 aromatic heterocycles. The molecule has 2 nitrogen and oxygen atoms in total. The van der Waals surface area contributed by atoms with Gasteiger partial charge < -0.3 is 10.5 Å². The quantitative estimate of drug-likeness (QED) is 0.924. The first-order valence-corrected chi connectivity index (χ1v) is 6.61. The van der Waals surface area contributed by atoms with Gasteiger partial charge in [0.15, 0.2) is 0 Å². The molecule has 0 bridgehead atoms. The van der Waals surface area contributed by atoms with Gasteiger partial charge in [-0.05, 0) is 55.2 Å². The zero-order valence-corrected chi connectivity index (χ0v) is 12.1. The summed E-state index contributed by atoms with van der Waals surface area (Å²) in [5, 5.41) is 0. The van der Waals surface area contributed by atoms with E-state index in [1.54, 1.807) is 20.1 Å². The summed E-state index contributed by atoms with van der Waals surface area (Å²) in [7, 11) is 1.64. The van der Waals surface area contributed by atoms with Crippen LogP contribution in [-0.2, 0) is 12.0 Å². The maximum Gasteiger partial charge on any atom is 0.126 e. The minimum absolute atomic E-state index is 0.218. The fourth-order valence-corrected chi connectivity index (χ4v) is 2.26. The van der Waals surface area contributed by atoms with Gasteiger partial charge >= 0.3 is 0 Å². The van der Waals surface area contributed by atoms with Gasteiger partial charge in [-0.3, -0.25) is 0 Å². The molecule has 2 aromatic carbocycles. The molecule has 0 saturated heterocycles. The van der Waals surface area contributed by atoms with Crippen molar-refractivity contribution in [3.8, 4) is 5.75 Å². The van der Waals surface area contributed by atoms with Crippen LogP contribution in [0.1, 0.15) is 23.6 Å². The zero-order chi connectivity index (χ0) is 14.8. The van der Waals surface area contributed by atoms with Gasteiger partial charge in [-0.15, -0.1) is 0 Å². The van der Waals surface area contributed by atoms with Gasteiger partial charge in [-0.1, -0.05) is 24.3 Å². The summed E-state index contributed by atoms with van der Waals surface area (Å²) in [6.07, 6.45) is 0.618. The van der Waals surface area contributed by atoms with Crippen LogP contribution >= 0.6 is 0 Å². The second kappa shape index (κ2) is 5.63. The molecule has 0 fully saturated rings. The average Bonchev–Trinajstić information content (AvgIpc) is 2.41. The van der Waals surface area contributed by atoms with Crippen molar-refractivity contribution in [1.82, 2.24) is 0 Å². The van der Waals surface area contributed by atoms with E-state index >= 15 is 0 Å². The van der Waals surface area contributed by atoms with Crippen molar-refractivity contribution in [2.45, 2.75) is 25.8 Å². The number of hydrogen-bond donors (Lipinski definition) is 1. The van der Waals surface area contributed by atoms with E-state index < -0.39 is 5.54 Å². The predicted molar refractivity (Wildman–Crippen MR) is 79.4 cm³/mol. The third-order valence-corrected chi connectivity index (χ3v) is 3.54. The molecular formula is C17H20FNO. The fraction of sp³-hybridized carbons (Fsp3) is 0.294. The summed E-state index contributed by atoms with van der Waals surface area (Å²) in [6, 6.07) is 13.0. The lowest BCUT2D eigenvalue weighted by Crippen LogP contribution is -2.35. The minimum Gasteiger partial charge on any atom is -0.497 e. The van der Waals surface area contributed by atoms with Crippen LogP contribution in [0, 0.1) is 12.7 Å². The minimum atomic E-state index is -0.624. The summed E-state index contributed by atoms with van der Waals surface area (Å²) >= 11 is 0. The van der Waals surface area contributed by atoms with E-state index in [9.17, 15) is 4.39 Å². The lowest BCUT2D eigenvalue weighted by Gasteiger charge is -2.26. The summed E-state index contributed by atoms with van der Waals surface area (Å²) in [6.45, 7) is 3.66. The topological polar surface area (TPSA) is 35.2 Å². The molecule has 0 saturated carbocycles. The maximum absolute atomic E-state index is 13.7. The molecule has 1 unspecified atom stereocenters. The second-order valence-corrected chi connectivity index (χ2v) is 5.41. The molecule has 20 heavy (non-hydrogen) atoms. The molecular weight excluding hydrogens is 253 g/mol. The summed E-state index contributed by atoms with van der Waals surface area (Å²) in [4.78, 5) is 0. The molecule has 2 aromatic rings. The lowest BCUT2D eigenvalue weighted by molar-refractivity contribution is 0.413. The Bertz CT molecular complexity index is 608. The normalized spacial score (nSPS) is 13.8. The van der Waals surface area contributed by atoms with Crippen molar-refractivity contribution in [2.24, 2.45) is 5.73 Å². The van der Waals surface area contributed by atoms with Crippen molar-refractivity contribution in [3.05, 3.63) is 65.0 Å². The largest absolute Gasteiger partial charge is 0.497 e. The van der Waals surface area contributed by atoms with Gasteiger partial charge in [0.25, 0.3) is 0 Å². The molecule has 2 N–H and O–H groups in total. The van der Waals surface area contributed by atoms with E-state index in [1.165, 1.54) is 6.07 Å². The monoisotopic (exact) mass is 273 g/mol. The SMILES string of the molecule is COc1cccc(CC(C)(N)c2ccc(C)c(F)c2)c1. The van der Waals surface area contributed by atoms with Crippen LogP contribution in [0.2, 0.25) is 0 Å². The Morgan fingerprint density at radius 3 is 2.60 bits per heavy atom. The molecule has 106 valence electrons. The van der Waals surface area contributed by atoms with Crippen LogP contribution in [0.5, 0.6) is 5.75 Å². The number of ether oxygens (including phenoxy) is 1. The van der Waals surface area contributed by atoms with Crippen molar-refractivity contribution in [1.29, 1.82) is 0 Å². The Hall–Kier alpha value is -1.87. The smallest absolute Gasteiger partial charge is 0.126 e. The molecule has 2 rings (SSSR count). The summed E-state index contributed by atoms with van der Waals surface area (Å²) in [5.74, 6) is 0.582. The van der Waals surface area contributed by atoms with E-state index in [2.05, 4.69) is 0 Å². The summed E-state index contributed by atoms with van der Waals surface area (Å²) < 4.78 is 18.9. The maximum atomic E-state index is 13.7. The first kappa shape index (κ1) is 14.5. The predicted octanol–water partition coefficient (Wildman–Crippen LogP) is 3.56. The van der Waals surface area contributed by atoms with E-state index in [0.29, 0.717) is 12.0 Å². The second-order valence-electron chi connectivity index (χ2n) is 5.41. The Labute approximate surface area is 119 Å². The highest BCUT2D eigenvalue weighted by atomic mass is 19.1. The highest BCUT2D eigenvalue weighted by Crippen LogP contribution is 2.26. The van der Waals surface area contributed by atoms with Crippen LogP contribution in [-0.4, -0.2) is 7.11 Å². The van der Waals surface area contributed by atoms with Crippen LogP contribution in [0.25, 0.3) is 0 Å². The number of methoxy groups -OCH3 is 1. The van der Waals surface area contributed by atoms with Crippen molar-refractivity contribution in [2.75, 3.05) is 7.11 Å². The van der Waals surface area contributed by atoms with Crippen molar-refractivity contribution >= 4 is 0 Å². The van der Waals surface area contributed by atoms with E-state index in [0.717, 1.165) is 16.9 Å². The number of halogens is 1.